The van der Waals surface area contributed by atoms with E-state index in [1.807, 2.05) is 12.1 Å². The summed E-state index contributed by atoms with van der Waals surface area (Å²) in [5.41, 5.74) is 4.20. The van der Waals surface area contributed by atoms with Crippen molar-refractivity contribution in [3.63, 3.8) is 0 Å². The van der Waals surface area contributed by atoms with E-state index < -0.39 is 11.9 Å². The van der Waals surface area contributed by atoms with E-state index in [0.29, 0.717) is 54.0 Å². The number of nitrogens with zero attached hydrogens (tertiary/aromatic N) is 1. The minimum atomic E-state index is -0.881. The van der Waals surface area contributed by atoms with Crippen LogP contribution in [0.2, 0.25) is 0 Å². The number of rotatable bonds is 13. The fourth-order valence-electron chi connectivity index (χ4n) is 13.3. The Morgan fingerprint density at radius 3 is 2.19 bits per heavy atom. The molecule has 1 aromatic carbocycles. The Labute approximate surface area is 313 Å². The van der Waals surface area contributed by atoms with Crippen molar-refractivity contribution >= 4 is 23.4 Å². The van der Waals surface area contributed by atoms with E-state index in [1.165, 1.54) is 36.8 Å². The van der Waals surface area contributed by atoms with Gasteiger partial charge in [0, 0.05) is 13.0 Å². The molecule has 1 amide bonds. The van der Waals surface area contributed by atoms with Crippen LogP contribution in [-0.4, -0.2) is 59.1 Å². The van der Waals surface area contributed by atoms with Crippen LogP contribution in [0.25, 0.3) is 5.57 Å². The van der Waals surface area contributed by atoms with Gasteiger partial charge in [-0.05, 0) is 172 Å². The summed E-state index contributed by atoms with van der Waals surface area (Å²) in [6.07, 6.45) is 14.3. The third-order valence-corrected chi connectivity index (χ3v) is 16.2. The smallest absolute Gasteiger partial charge is 0.335 e. The minimum Gasteiger partial charge on any atom is -0.481 e. The number of allylic oxidation sites excluding steroid dienone is 3. The van der Waals surface area contributed by atoms with E-state index in [2.05, 4.69) is 64.4 Å². The number of amides is 1. The lowest BCUT2D eigenvalue weighted by Gasteiger charge is -2.69. The molecule has 286 valence electrons. The van der Waals surface area contributed by atoms with Gasteiger partial charge in [0.1, 0.15) is 0 Å². The molecule has 0 heterocycles. The largest absolute Gasteiger partial charge is 0.481 e. The molecule has 0 bridgehead atoms. The van der Waals surface area contributed by atoms with Crippen molar-refractivity contribution in [2.75, 3.05) is 26.2 Å². The maximum absolute atomic E-state index is 14.5. The van der Waals surface area contributed by atoms with E-state index in [-0.39, 0.29) is 34.0 Å². The van der Waals surface area contributed by atoms with E-state index in [9.17, 15) is 19.5 Å². The lowest BCUT2D eigenvalue weighted by molar-refractivity contribution is -0.203. The number of carbonyl (C=O) groups is 3. The van der Waals surface area contributed by atoms with Gasteiger partial charge in [0.2, 0.25) is 5.91 Å². The highest BCUT2D eigenvalue weighted by molar-refractivity contribution is 5.88. The predicted octanol–water partition coefficient (Wildman–Crippen LogP) is 9.34. The lowest BCUT2D eigenvalue weighted by Crippen LogP contribution is -2.64. The second-order valence-corrected chi connectivity index (χ2v) is 18.6. The quantitative estimate of drug-likeness (QED) is 0.139. The molecule has 5 aliphatic rings. The van der Waals surface area contributed by atoms with Gasteiger partial charge in [-0.15, -0.1) is 0 Å². The third-order valence-electron chi connectivity index (χ3n) is 16.2. The molecule has 0 saturated heterocycles. The number of hydrogen-bond donors (Lipinski definition) is 3. The fraction of sp³-hybridized carbons (Fsp3) is 0.711. The zero-order chi connectivity index (χ0) is 37.6. The topological polar surface area (TPSA) is 107 Å². The number of carboxylic acids is 2. The number of benzene rings is 1. The van der Waals surface area contributed by atoms with Gasteiger partial charge in [0.25, 0.3) is 0 Å². The molecule has 0 radical (unpaired) electrons. The van der Waals surface area contributed by atoms with Gasteiger partial charge in [0.05, 0.1) is 11.0 Å². The number of carbonyl (C=O) groups excluding carboxylic acids is 1. The number of carboxylic acid groups (broad SMARTS) is 2. The molecule has 5 aliphatic carbocycles. The summed E-state index contributed by atoms with van der Waals surface area (Å²) < 4.78 is 0. The van der Waals surface area contributed by atoms with Gasteiger partial charge in [-0.2, -0.15) is 0 Å². The Hall–Kier alpha value is -2.93. The van der Waals surface area contributed by atoms with Crippen molar-refractivity contribution in [2.24, 2.45) is 57.2 Å². The van der Waals surface area contributed by atoms with Crippen LogP contribution < -0.4 is 5.32 Å². The highest BCUT2D eigenvalue weighted by atomic mass is 16.4. The first-order valence-corrected chi connectivity index (χ1v) is 20.5. The molecule has 1 aromatic rings. The predicted molar refractivity (Wildman–Crippen MR) is 208 cm³/mol. The minimum absolute atomic E-state index is 0.00960. The average Bonchev–Trinajstić information content (AvgIpc) is 3.50. The van der Waals surface area contributed by atoms with Gasteiger partial charge in [-0.3, -0.25) is 9.59 Å². The summed E-state index contributed by atoms with van der Waals surface area (Å²) in [4.78, 5) is 39.3. The van der Waals surface area contributed by atoms with Gasteiger partial charge in [0.15, 0.2) is 0 Å². The zero-order valence-corrected chi connectivity index (χ0v) is 32.9. The van der Waals surface area contributed by atoms with E-state index in [1.54, 1.807) is 12.1 Å². The van der Waals surface area contributed by atoms with Crippen LogP contribution in [0.4, 0.5) is 0 Å². The molecule has 3 N–H and O–H groups in total. The van der Waals surface area contributed by atoms with Crippen molar-refractivity contribution in [3.8, 4) is 0 Å². The molecule has 9 unspecified atom stereocenters. The van der Waals surface area contributed by atoms with E-state index in [4.69, 9.17) is 5.11 Å². The summed E-state index contributed by atoms with van der Waals surface area (Å²) in [6, 6.07) is 7.51. The maximum Gasteiger partial charge on any atom is 0.335 e. The van der Waals surface area contributed by atoms with Crippen LogP contribution in [0.3, 0.4) is 0 Å². The Morgan fingerprint density at radius 1 is 0.865 bits per heavy atom. The van der Waals surface area contributed by atoms with E-state index in [0.717, 1.165) is 63.7 Å². The molecule has 6 rings (SSSR count). The first-order valence-electron chi connectivity index (χ1n) is 20.5. The number of fused-ring (bicyclic) bond motifs is 7. The van der Waals surface area contributed by atoms with Gasteiger partial charge in [-0.25, -0.2) is 4.79 Å². The highest BCUT2D eigenvalue weighted by Crippen LogP contribution is 2.75. The van der Waals surface area contributed by atoms with E-state index >= 15 is 0 Å². The highest BCUT2D eigenvalue weighted by Gasteiger charge is 2.69. The standard InChI is InChI=1S/C45H66N2O5/c1-8-47(27-9-11-38(48)49)28-10-26-46-41(52)45-23-20-32(29(2)3)39(45)37-19-18-36-33-16-17-34(30-12-14-31(15-13-30)40(50)51)42(4,5)35(33)21-22-43(36,6)44(37,7)24-25-45/h12-15,17,32-33,35-37,39H,2,8-11,16,18-28H2,1,3-7H3,(H,46,52)(H,48,49)(H,50,51). The molecular weight excluding hydrogens is 649 g/mol. The molecule has 52 heavy (non-hydrogen) atoms. The lowest BCUT2D eigenvalue weighted by atomic mass is 9.35. The van der Waals surface area contributed by atoms with Gasteiger partial charge in [-0.1, -0.05) is 65.0 Å². The maximum atomic E-state index is 14.5. The van der Waals surface area contributed by atoms with Crippen LogP contribution in [0.15, 0.2) is 42.5 Å². The van der Waals surface area contributed by atoms with Crippen molar-refractivity contribution in [3.05, 3.63) is 53.6 Å². The van der Waals surface area contributed by atoms with Crippen LogP contribution in [0, 0.1) is 57.2 Å². The van der Waals surface area contributed by atoms with Crippen molar-refractivity contribution in [1.29, 1.82) is 0 Å². The number of nitrogens with one attached hydrogen (secondary N) is 1. The Bertz CT molecular complexity index is 1560. The summed E-state index contributed by atoms with van der Waals surface area (Å²) in [6.45, 7) is 22.2. The second kappa shape index (κ2) is 14.7. The van der Waals surface area contributed by atoms with Crippen molar-refractivity contribution < 1.29 is 24.6 Å². The van der Waals surface area contributed by atoms with Crippen LogP contribution in [0.5, 0.6) is 0 Å². The molecule has 0 spiro atoms. The molecule has 9 atom stereocenters. The summed E-state index contributed by atoms with van der Waals surface area (Å²) >= 11 is 0. The molecular formula is C45H66N2O5. The Kier molecular flexibility index (Phi) is 11.0. The number of aliphatic carboxylic acids is 1. The molecule has 0 aromatic heterocycles. The molecule has 4 fully saturated rings. The monoisotopic (exact) mass is 714 g/mol. The van der Waals surface area contributed by atoms with Gasteiger partial charge < -0.3 is 20.4 Å². The SMILES string of the molecule is C=C(C)C1CCC2(C(=O)NCCCN(CC)CCCC(=O)O)CCC3(C)C(CCC4C5CC=C(c6ccc(C(=O)O)cc6)C(C)(C)C5CCC43C)C12. The van der Waals surface area contributed by atoms with Crippen LogP contribution >= 0.6 is 0 Å². The average molecular weight is 715 g/mol. The van der Waals surface area contributed by atoms with Crippen LogP contribution in [0.1, 0.15) is 135 Å². The fourth-order valence-corrected chi connectivity index (χ4v) is 13.3. The normalized spacial score (nSPS) is 36.1. The first-order chi connectivity index (χ1) is 24.6. The molecule has 7 nitrogen and oxygen atoms in total. The molecule has 0 aliphatic heterocycles. The summed E-state index contributed by atoms with van der Waals surface area (Å²) in [7, 11) is 0. The number of aromatic carboxylic acids is 1. The van der Waals surface area contributed by atoms with Crippen molar-refractivity contribution in [2.45, 2.75) is 119 Å². The molecule has 7 heteroatoms. The summed E-state index contributed by atoms with van der Waals surface area (Å²) in [5, 5.41) is 21.9. The van der Waals surface area contributed by atoms with Gasteiger partial charge >= 0.3 is 11.9 Å². The van der Waals surface area contributed by atoms with Crippen molar-refractivity contribution in [1.82, 2.24) is 10.2 Å². The third kappa shape index (κ3) is 6.49. The van der Waals surface area contributed by atoms with Crippen LogP contribution in [-0.2, 0) is 9.59 Å². The Morgan fingerprint density at radius 2 is 1.54 bits per heavy atom. The number of hydrogen-bond acceptors (Lipinski definition) is 4. The summed E-state index contributed by atoms with van der Waals surface area (Å²) in [5.74, 6) is 1.77. The molecule has 4 saturated carbocycles. The second-order valence-electron chi connectivity index (χ2n) is 18.6. The zero-order valence-electron chi connectivity index (χ0n) is 32.9. The Balaban J connectivity index is 1.19. The first kappa shape index (κ1) is 38.8.